The van der Waals surface area contributed by atoms with Crippen LogP contribution in [0.3, 0.4) is 0 Å². The van der Waals surface area contributed by atoms with Gasteiger partial charge in [0.1, 0.15) is 6.10 Å². The van der Waals surface area contributed by atoms with Gasteiger partial charge >= 0.3 is 0 Å². The van der Waals surface area contributed by atoms with Gasteiger partial charge in [-0.3, -0.25) is 4.79 Å². The molecule has 1 amide bonds. The van der Waals surface area contributed by atoms with Crippen LogP contribution in [0.2, 0.25) is 0 Å². The smallest absolute Gasteiger partial charge is 0.251 e. The summed E-state index contributed by atoms with van der Waals surface area (Å²) in [6, 6.07) is 20.1. The molecule has 138 valence electrons. The summed E-state index contributed by atoms with van der Waals surface area (Å²) < 4.78 is 11.7. The van der Waals surface area contributed by atoms with Crippen molar-refractivity contribution in [3.8, 4) is 0 Å². The number of ether oxygens (including phenoxy) is 2. The van der Waals surface area contributed by atoms with Crippen LogP contribution < -0.4 is 0 Å². The second-order valence-electron chi connectivity index (χ2n) is 6.76. The fourth-order valence-electron chi connectivity index (χ4n) is 3.16. The molecule has 2 aromatic rings. The van der Waals surface area contributed by atoms with E-state index in [1.807, 2.05) is 60.4 Å². The Bertz CT molecular complexity index is 666. The molecule has 1 unspecified atom stereocenters. The summed E-state index contributed by atoms with van der Waals surface area (Å²) in [4.78, 5) is 14.5. The summed E-state index contributed by atoms with van der Waals surface area (Å²) >= 11 is 0. The Balaban J connectivity index is 1.38. The number of rotatable bonds is 7. The van der Waals surface area contributed by atoms with Crippen LogP contribution in [-0.2, 0) is 27.5 Å². The standard InChI is InChI=1S/C22H27NO3/c1-18(25-16-19-8-4-2-5-9-19)22(24)23-14-12-21(13-15-23)26-17-20-10-6-3-7-11-20/h2-11,18,21H,12-17H2,1H3. The van der Waals surface area contributed by atoms with Gasteiger partial charge in [0.25, 0.3) is 5.91 Å². The van der Waals surface area contributed by atoms with Gasteiger partial charge in [-0.05, 0) is 30.9 Å². The van der Waals surface area contributed by atoms with Crippen molar-refractivity contribution in [2.75, 3.05) is 13.1 Å². The molecule has 0 bridgehead atoms. The van der Waals surface area contributed by atoms with E-state index >= 15 is 0 Å². The van der Waals surface area contributed by atoms with Crippen molar-refractivity contribution < 1.29 is 14.3 Å². The van der Waals surface area contributed by atoms with E-state index in [-0.39, 0.29) is 12.0 Å². The summed E-state index contributed by atoms with van der Waals surface area (Å²) in [7, 11) is 0. The van der Waals surface area contributed by atoms with Crippen LogP contribution in [0.4, 0.5) is 0 Å². The molecule has 0 spiro atoms. The monoisotopic (exact) mass is 353 g/mol. The molecule has 0 aliphatic carbocycles. The van der Waals surface area contributed by atoms with Crippen molar-refractivity contribution in [1.29, 1.82) is 0 Å². The number of benzene rings is 2. The van der Waals surface area contributed by atoms with E-state index in [0.29, 0.717) is 13.2 Å². The van der Waals surface area contributed by atoms with Gasteiger partial charge in [0.05, 0.1) is 19.3 Å². The van der Waals surface area contributed by atoms with Crippen LogP contribution in [0, 0.1) is 0 Å². The van der Waals surface area contributed by atoms with Crippen LogP contribution in [-0.4, -0.2) is 36.1 Å². The van der Waals surface area contributed by atoms with E-state index in [1.165, 1.54) is 5.56 Å². The summed E-state index contributed by atoms with van der Waals surface area (Å²) in [5.41, 5.74) is 2.27. The van der Waals surface area contributed by atoms with Crippen molar-refractivity contribution in [2.24, 2.45) is 0 Å². The first-order valence-electron chi connectivity index (χ1n) is 9.32. The molecule has 4 heteroatoms. The van der Waals surface area contributed by atoms with Crippen molar-refractivity contribution in [3.05, 3.63) is 71.8 Å². The van der Waals surface area contributed by atoms with Crippen LogP contribution >= 0.6 is 0 Å². The number of hydrogen-bond donors (Lipinski definition) is 0. The molecular weight excluding hydrogens is 326 g/mol. The third-order valence-corrected chi connectivity index (χ3v) is 4.77. The number of hydrogen-bond acceptors (Lipinski definition) is 3. The van der Waals surface area contributed by atoms with Crippen molar-refractivity contribution in [3.63, 3.8) is 0 Å². The van der Waals surface area contributed by atoms with E-state index < -0.39 is 6.10 Å². The van der Waals surface area contributed by atoms with E-state index in [4.69, 9.17) is 9.47 Å². The molecule has 26 heavy (non-hydrogen) atoms. The summed E-state index contributed by atoms with van der Waals surface area (Å²) in [6.45, 7) is 4.40. The highest BCUT2D eigenvalue weighted by atomic mass is 16.5. The van der Waals surface area contributed by atoms with Gasteiger partial charge in [-0.25, -0.2) is 0 Å². The molecule has 2 aromatic carbocycles. The lowest BCUT2D eigenvalue weighted by Crippen LogP contribution is -2.45. The van der Waals surface area contributed by atoms with E-state index in [9.17, 15) is 4.79 Å². The SMILES string of the molecule is CC(OCc1ccccc1)C(=O)N1CCC(OCc2ccccc2)CC1. The Labute approximate surface area is 155 Å². The lowest BCUT2D eigenvalue weighted by Gasteiger charge is -2.33. The number of nitrogens with zero attached hydrogens (tertiary/aromatic N) is 1. The second kappa shape index (κ2) is 9.51. The highest BCUT2D eigenvalue weighted by Gasteiger charge is 2.26. The lowest BCUT2D eigenvalue weighted by molar-refractivity contribution is -0.146. The largest absolute Gasteiger partial charge is 0.373 e. The zero-order valence-electron chi connectivity index (χ0n) is 15.3. The van der Waals surface area contributed by atoms with Gasteiger partial charge in [0.15, 0.2) is 0 Å². The Hall–Kier alpha value is -2.17. The minimum absolute atomic E-state index is 0.0717. The molecule has 1 aliphatic heterocycles. The predicted molar refractivity (Wildman–Crippen MR) is 102 cm³/mol. The van der Waals surface area contributed by atoms with Crippen molar-refractivity contribution >= 4 is 5.91 Å². The third-order valence-electron chi connectivity index (χ3n) is 4.77. The average molecular weight is 353 g/mol. The minimum atomic E-state index is -0.419. The van der Waals surface area contributed by atoms with Crippen LogP contribution in [0.15, 0.2) is 60.7 Å². The van der Waals surface area contributed by atoms with Crippen LogP contribution in [0.5, 0.6) is 0 Å². The Morgan fingerprint density at radius 2 is 1.50 bits per heavy atom. The number of carbonyl (C=O) groups is 1. The molecule has 0 saturated carbocycles. The maximum absolute atomic E-state index is 12.6. The molecule has 1 saturated heterocycles. The minimum Gasteiger partial charge on any atom is -0.373 e. The topological polar surface area (TPSA) is 38.8 Å². The molecule has 0 radical (unpaired) electrons. The Morgan fingerprint density at radius 1 is 0.962 bits per heavy atom. The number of likely N-dealkylation sites (tertiary alicyclic amines) is 1. The van der Waals surface area contributed by atoms with Gasteiger partial charge in [-0.1, -0.05) is 60.7 Å². The summed E-state index contributed by atoms with van der Waals surface area (Å²) in [6.07, 6.45) is 1.56. The van der Waals surface area contributed by atoms with Crippen molar-refractivity contribution in [2.45, 2.75) is 45.2 Å². The quantitative estimate of drug-likeness (QED) is 0.760. The highest BCUT2D eigenvalue weighted by Crippen LogP contribution is 2.17. The molecule has 0 N–H and O–H groups in total. The molecule has 1 atom stereocenters. The van der Waals surface area contributed by atoms with Gasteiger partial charge in [-0.15, -0.1) is 0 Å². The van der Waals surface area contributed by atoms with E-state index in [0.717, 1.165) is 31.5 Å². The zero-order valence-corrected chi connectivity index (χ0v) is 15.3. The normalized spacial score (nSPS) is 16.4. The molecule has 1 heterocycles. The van der Waals surface area contributed by atoms with Gasteiger partial charge in [-0.2, -0.15) is 0 Å². The summed E-state index contributed by atoms with van der Waals surface area (Å²) in [5.74, 6) is 0.0717. The average Bonchev–Trinajstić information content (AvgIpc) is 2.72. The summed E-state index contributed by atoms with van der Waals surface area (Å²) in [5, 5.41) is 0. The molecule has 1 aliphatic rings. The number of amides is 1. The maximum atomic E-state index is 12.6. The molecular formula is C22H27NO3. The van der Waals surface area contributed by atoms with Gasteiger partial charge in [0.2, 0.25) is 0 Å². The van der Waals surface area contributed by atoms with Crippen LogP contribution in [0.1, 0.15) is 30.9 Å². The van der Waals surface area contributed by atoms with Gasteiger partial charge in [0, 0.05) is 13.1 Å². The van der Waals surface area contributed by atoms with E-state index in [1.54, 1.807) is 0 Å². The van der Waals surface area contributed by atoms with Crippen LogP contribution in [0.25, 0.3) is 0 Å². The Morgan fingerprint density at radius 3 is 2.08 bits per heavy atom. The predicted octanol–water partition coefficient (Wildman–Crippen LogP) is 3.80. The first-order chi connectivity index (χ1) is 12.7. The first kappa shape index (κ1) is 18.6. The molecule has 1 fully saturated rings. The van der Waals surface area contributed by atoms with E-state index in [2.05, 4.69) is 12.1 Å². The number of piperidine rings is 1. The fourth-order valence-corrected chi connectivity index (χ4v) is 3.16. The first-order valence-corrected chi connectivity index (χ1v) is 9.32. The molecule has 4 nitrogen and oxygen atoms in total. The van der Waals surface area contributed by atoms with Crippen molar-refractivity contribution in [1.82, 2.24) is 4.90 Å². The third kappa shape index (κ3) is 5.41. The zero-order chi connectivity index (χ0) is 18.2. The highest BCUT2D eigenvalue weighted by molar-refractivity contribution is 5.80. The fraction of sp³-hybridized carbons (Fsp3) is 0.409. The molecule has 3 rings (SSSR count). The lowest BCUT2D eigenvalue weighted by atomic mass is 10.1. The second-order valence-corrected chi connectivity index (χ2v) is 6.76. The number of carbonyl (C=O) groups excluding carboxylic acids is 1. The molecule has 0 aromatic heterocycles. The maximum Gasteiger partial charge on any atom is 0.251 e. The Kier molecular flexibility index (Phi) is 6.81. The van der Waals surface area contributed by atoms with Gasteiger partial charge < -0.3 is 14.4 Å².